The Kier molecular flexibility index (Phi) is 4.60. The number of nitrogens with one attached hydrogen (secondary N) is 2. The van der Waals surface area contributed by atoms with Gasteiger partial charge in [-0.1, -0.05) is 25.0 Å². The van der Waals surface area contributed by atoms with Crippen molar-refractivity contribution in [3.05, 3.63) is 11.6 Å². The zero-order valence-electron chi connectivity index (χ0n) is 10.8. The van der Waals surface area contributed by atoms with E-state index in [0.717, 1.165) is 38.9 Å². The van der Waals surface area contributed by atoms with E-state index in [-0.39, 0.29) is 11.8 Å². The molecule has 3 heteroatoms. The minimum atomic E-state index is 0.275. The zero-order valence-corrected chi connectivity index (χ0v) is 10.8. The predicted molar refractivity (Wildman–Crippen MR) is 69.7 cm³/mol. The topological polar surface area (TPSA) is 41.1 Å². The van der Waals surface area contributed by atoms with Crippen LogP contribution in [0.25, 0.3) is 0 Å². The van der Waals surface area contributed by atoms with Crippen molar-refractivity contribution in [1.82, 2.24) is 10.6 Å². The maximum atomic E-state index is 12.0. The van der Waals surface area contributed by atoms with Crippen molar-refractivity contribution in [2.75, 3.05) is 19.6 Å². The Morgan fingerprint density at radius 2 is 2.41 bits per heavy atom. The highest BCUT2D eigenvalue weighted by atomic mass is 16.1. The number of hydrogen-bond donors (Lipinski definition) is 2. The molecule has 2 unspecified atom stereocenters. The normalized spacial score (nSPS) is 28.9. The molecule has 0 aromatic heterocycles. The molecule has 17 heavy (non-hydrogen) atoms. The third kappa shape index (κ3) is 3.56. The Morgan fingerprint density at radius 3 is 3.06 bits per heavy atom. The van der Waals surface area contributed by atoms with Gasteiger partial charge in [-0.15, -0.1) is 0 Å². The van der Waals surface area contributed by atoms with Gasteiger partial charge < -0.3 is 10.6 Å². The quantitative estimate of drug-likeness (QED) is 0.731. The van der Waals surface area contributed by atoms with Crippen molar-refractivity contribution >= 4 is 5.91 Å². The van der Waals surface area contributed by atoms with Crippen LogP contribution in [0.1, 0.15) is 39.0 Å². The molecule has 3 nitrogen and oxygen atoms in total. The molecule has 0 saturated heterocycles. The number of carbonyl (C=O) groups excluding carboxylic acids is 1. The van der Waals surface area contributed by atoms with E-state index in [9.17, 15) is 4.79 Å². The van der Waals surface area contributed by atoms with Gasteiger partial charge in [-0.3, -0.25) is 4.79 Å². The van der Waals surface area contributed by atoms with E-state index < -0.39 is 0 Å². The third-order valence-electron chi connectivity index (χ3n) is 4.10. The number of hydrogen-bond acceptors (Lipinski definition) is 2. The minimum absolute atomic E-state index is 0.275. The summed E-state index contributed by atoms with van der Waals surface area (Å²) >= 11 is 0. The highest BCUT2D eigenvalue weighted by molar-refractivity contribution is 5.79. The smallest absolute Gasteiger partial charge is 0.223 e. The van der Waals surface area contributed by atoms with Crippen molar-refractivity contribution in [3.63, 3.8) is 0 Å². The van der Waals surface area contributed by atoms with Crippen molar-refractivity contribution in [2.24, 2.45) is 11.8 Å². The van der Waals surface area contributed by atoms with Crippen LogP contribution < -0.4 is 10.6 Å². The average molecular weight is 236 g/mol. The third-order valence-corrected chi connectivity index (χ3v) is 4.10. The lowest BCUT2D eigenvalue weighted by molar-refractivity contribution is -0.125. The molecule has 1 amide bonds. The first-order chi connectivity index (χ1) is 8.27. The number of carbonyl (C=O) groups is 1. The lowest BCUT2D eigenvalue weighted by atomic mass is 9.97. The minimum Gasteiger partial charge on any atom is -0.356 e. The SMILES string of the molecule is CC1CCCC1C(=O)NCCC1=CCNCC1. The Balaban J connectivity index is 1.67. The highest BCUT2D eigenvalue weighted by Gasteiger charge is 2.29. The fraction of sp³-hybridized carbons (Fsp3) is 0.786. The molecular formula is C14H24N2O. The number of amides is 1. The van der Waals surface area contributed by atoms with Gasteiger partial charge >= 0.3 is 0 Å². The van der Waals surface area contributed by atoms with Gasteiger partial charge in [0.25, 0.3) is 0 Å². The van der Waals surface area contributed by atoms with Crippen LogP contribution in [-0.4, -0.2) is 25.5 Å². The molecule has 2 aliphatic rings. The summed E-state index contributed by atoms with van der Waals surface area (Å²) in [6, 6.07) is 0. The van der Waals surface area contributed by atoms with E-state index in [4.69, 9.17) is 0 Å². The fourth-order valence-corrected chi connectivity index (χ4v) is 2.91. The second-order valence-electron chi connectivity index (χ2n) is 5.37. The van der Waals surface area contributed by atoms with Gasteiger partial charge in [-0.25, -0.2) is 0 Å². The van der Waals surface area contributed by atoms with E-state index in [1.807, 2.05) is 0 Å². The Morgan fingerprint density at radius 1 is 1.53 bits per heavy atom. The fourth-order valence-electron chi connectivity index (χ4n) is 2.91. The standard InChI is InChI=1S/C14H24N2O/c1-11-3-2-4-13(11)14(17)16-10-7-12-5-8-15-9-6-12/h5,11,13,15H,2-4,6-10H2,1H3,(H,16,17). The monoisotopic (exact) mass is 236 g/mol. The summed E-state index contributed by atoms with van der Waals surface area (Å²) in [7, 11) is 0. The van der Waals surface area contributed by atoms with E-state index >= 15 is 0 Å². The lowest BCUT2D eigenvalue weighted by Gasteiger charge is -2.17. The average Bonchev–Trinajstić information content (AvgIpc) is 2.77. The molecule has 0 bridgehead atoms. The highest BCUT2D eigenvalue weighted by Crippen LogP contribution is 2.31. The molecule has 0 spiro atoms. The van der Waals surface area contributed by atoms with Gasteiger partial charge in [-0.2, -0.15) is 0 Å². The van der Waals surface area contributed by atoms with Crippen molar-refractivity contribution < 1.29 is 4.79 Å². The molecule has 2 rings (SSSR count). The maximum Gasteiger partial charge on any atom is 0.223 e. The van der Waals surface area contributed by atoms with E-state index in [1.165, 1.54) is 18.4 Å². The van der Waals surface area contributed by atoms with Gasteiger partial charge in [0.15, 0.2) is 0 Å². The molecule has 1 aliphatic heterocycles. The van der Waals surface area contributed by atoms with E-state index in [0.29, 0.717) is 5.92 Å². The molecule has 1 fully saturated rings. The Bertz CT molecular complexity index is 299. The summed E-state index contributed by atoms with van der Waals surface area (Å²) in [5.74, 6) is 1.13. The van der Waals surface area contributed by atoms with E-state index in [1.54, 1.807) is 0 Å². The zero-order chi connectivity index (χ0) is 12.1. The molecular weight excluding hydrogens is 212 g/mol. The van der Waals surface area contributed by atoms with Crippen LogP contribution in [0.15, 0.2) is 11.6 Å². The first-order valence-electron chi connectivity index (χ1n) is 6.93. The summed E-state index contributed by atoms with van der Waals surface area (Å²) < 4.78 is 0. The van der Waals surface area contributed by atoms with Crippen LogP contribution in [0.4, 0.5) is 0 Å². The Hall–Kier alpha value is -0.830. The summed E-state index contributed by atoms with van der Waals surface area (Å²) in [4.78, 5) is 12.0. The van der Waals surface area contributed by atoms with Gasteiger partial charge in [0, 0.05) is 19.0 Å². The second-order valence-corrected chi connectivity index (χ2v) is 5.37. The van der Waals surface area contributed by atoms with E-state index in [2.05, 4.69) is 23.6 Å². The van der Waals surface area contributed by atoms with Crippen molar-refractivity contribution in [1.29, 1.82) is 0 Å². The molecule has 1 saturated carbocycles. The summed E-state index contributed by atoms with van der Waals surface area (Å²) in [6.45, 7) is 5.09. The first-order valence-corrected chi connectivity index (χ1v) is 6.93. The maximum absolute atomic E-state index is 12.0. The summed E-state index contributed by atoms with van der Waals surface area (Å²) in [6.07, 6.45) is 7.93. The molecule has 1 aliphatic carbocycles. The van der Waals surface area contributed by atoms with Crippen LogP contribution in [0.2, 0.25) is 0 Å². The molecule has 2 atom stereocenters. The van der Waals surface area contributed by atoms with Crippen molar-refractivity contribution in [2.45, 2.75) is 39.0 Å². The second kappa shape index (κ2) is 6.20. The van der Waals surface area contributed by atoms with Crippen LogP contribution in [-0.2, 0) is 4.79 Å². The number of rotatable bonds is 4. The van der Waals surface area contributed by atoms with Gasteiger partial charge in [0.2, 0.25) is 5.91 Å². The summed E-state index contributed by atoms with van der Waals surface area (Å²) in [5.41, 5.74) is 1.49. The molecule has 0 radical (unpaired) electrons. The van der Waals surface area contributed by atoms with Crippen molar-refractivity contribution in [3.8, 4) is 0 Å². The molecule has 0 aromatic rings. The summed E-state index contributed by atoms with van der Waals surface area (Å²) in [5, 5.41) is 6.40. The lowest BCUT2D eigenvalue weighted by Crippen LogP contribution is -2.33. The van der Waals surface area contributed by atoms with Gasteiger partial charge in [-0.05, 0) is 38.1 Å². The molecule has 2 N–H and O–H groups in total. The van der Waals surface area contributed by atoms with Crippen LogP contribution in [0.3, 0.4) is 0 Å². The van der Waals surface area contributed by atoms with Crippen LogP contribution in [0, 0.1) is 11.8 Å². The van der Waals surface area contributed by atoms with Crippen LogP contribution >= 0.6 is 0 Å². The molecule has 1 heterocycles. The first kappa shape index (κ1) is 12.6. The predicted octanol–water partition coefficient (Wildman–Crippen LogP) is 1.85. The van der Waals surface area contributed by atoms with Crippen LogP contribution in [0.5, 0.6) is 0 Å². The molecule has 0 aromatic carbocycles. The van der Waals surface area contributed by atoms with Gasteiger partial charge in [0.05, 0.1) is 0 Å². The molecule has 96 valence electrons. The Labute approximate surface area is 104 Å². The largest absolute Gasteiger partial charge is 0.356 e. The van der Waals surface area contributed by atoms with Gasteiger partial charge in [0.1, 0.15) is 0 Å².